The lowest BCUT2D eigenvalue weighted by Crippen LogP contribution is -2.39. The summed E-state index contributed by atoms with van der Waals surface area (Å²) in [5.74, 6) is 3.07. The first-order valence-corrected chi connectivity index (χ1v) is 20.7. The Morgan fingerprint density at radius 1 is 0.739 bits per heavy atom. The molecule has 0 unspecified atom stereocenters. The fraction of sp³-hybridized carbons (Fsp3) is 0.943. The molecule has 0 spiro atoms. The second kappa shape index (κ2) is 25.8. The summed E-state index contributed by atoms with van der Waals surface area (Å²) in [4.78, 5) is 23.9. The number of methoxy groups -OCH3 is 1. The first-order chi connectivity index (χ1) is 21.7. The number of hydrogen-bond acceptors (Lipinski definition) is 11. The summed E-state index contributed by atoms with van der Waals surface area (Å²) in [6, 6.07) is 0. The molecular weight excluding hydrogens is 639 g/mol. The highest BCUT2D eigenvalue weighted by Gasteiger charge is 2.36. The number of rotatable bonds is 17. The Morgan fingerprint density at radius 2 is 1.20 bits per heavy atom. The number of thiol groups is 1. The van der Waals surface area contributed by atoms with E-state index >= 15 is 0 Å². The van der Waals surface area contributed by atoms with Crippen molar-refractivity contribution in [3.63, 3.8) is 0 Å². The molecule has 0 saturated heterocycles. The van der Waals surface area contributed by atoms with E-state index in [9.17, 15) is 9.59 Å². The molecule has 0 heterocycles. The van der Waals surface area contributed by atoms with Gasteiger partial charge in [-0.25, -0.2) is 0 Å². The minimum Gasteiger partial charge on any atom is -0.460 e. The van der Waals surface area contributed by atoms with Crippen molar-refractivity contribution in [2.75, 3.05) is 50.5 Å². The van der Waals surface area contributed by atoms with E-state index in [-0.39, 0.29) is 28.6 Å². The van der Waals surface area contributed by atoms with Gasteiger partial charge < -0.3 is 31.0 Å². The smallest absolute Gasteiger partial charge is 0.309 e. The standard InChI is InChI=1S/C16H31NO2S.C13H24O3.C6H16N2S2/c1-15(2,3)19-14(18)12-16(8-5-4-6-9-16)13-17-10-7-11-20;1-12(2,3)16-11(14)10-13(15-4)8-6-5-7-9-13;7-3-1-5-9-10-6-2-4-8/h17,20H,4-13H2,1-3H3;5-10H2,1-4H3;1-8H2. The van der Waals surface area contributed by atoms with Gasteiger partial charge in [0.2, 0.25) is 0 Å². The van der Waals surface area contributed by atoms with Crippen LogP contribution in [0, 0.1) is 5.41 Å². The number of esters is 2. The normalized spacial score (nSPS) is 17.5. The Hall–Kier alpha value is -0.170. The van der Waals surface area contributed by atoms with E-state index in [4.69, 9.17) is 25.7 Å². The second-order valence-corrected chi connectivity index (χ2v) is 17.9. The third-order valence-corrected chi connectivity index (χ3v) is 10.8. The Labute approximate surface area is 296 Å². The van der Waals surface area contributed by atoms with Crippen LogP contribution in [0.2, 0.25) is 0 Å². The second-order valence-electron chi connectivity index (χ2n) is 14.7. The van der Waals surface area contributed by atoms with E-state index in [0.29, 0.717) is 12.8 Å². The van der Waals surface area contributed by atoms with Crippen LogP contribution in [0.25, 0.3) is 0 Å². The lowest BCUT2D eigenvalue weighted by atomic mass is 9.71. The van der Waals surface area contributed by atoms with E-state index in [2.05, 4.69) is 17.9 Å². The number of nitrogens with two attached hydrogens (primary N) is 2. The molecule has 0 radical (unpaired) electrons. The lowest BCUT2D eigenvalue weighted by Gasteiger charge is -2.37. The third-order valence-electron chi connectivity index (χ3n) is 7.90. The Bertz CT molecular complexity index is 770. The van der Waals surface area contributed by atoms with Crippen molar-refractivity contribution in [3.8, 4) is 0 Å². The number of carbonyl (C=O) groups excluding carboxylic acids is 2. The van der Waals surface area contributed by atoms with E-state index in [1.54, 1.807) is 7.11 Å². The molecule has 2 aliphatic rings. The van der Waals surface area contributed by atoms with Crippen LogP contribution in [0.5, 0.6) is 0 Å². The van der Waals surface area contributed by atoms with E-state index in [0.717, 1.165) is 89.7 Å². The van der Waals surface area contributed by atoms with Gasteiger partial charge in [-0.1, -0.05) is 60.1 Å². The highest BCUT2D eigenvalue weighted by Crippen LogP contribution is 2.39. The van der Waals surface area contributed by atoms with Gasteiger partial charge in [-0.05, 0) is 117 Å². The van der Waals surface area contributed by atoms with Crippen molar-refractivity contribution in [2.24, 2.45) is 16.9 Å². The molecule has 0 atom stereocenters. The van der Waals surface area contributed by atoms with Crippen molar-refractivity contribution in [1.82, 2.24) is 5.32 Å². The van der Waals surface area contributed by atoms with Crippen molar-refractivity contribution < 1.29 is 23.8 Å². The maximum absolute atomic E-state index is 12.2. The number of carbonyl (C=O) groups is 2. The number of ether oxygens (including phenoxy) is 3. The Morgan fingerprint density at radius 3 is 1.61 bits per heavy atom. The predicted molar refractivity (Wildman–Crippen MR) is 203 cm³/mol. The van der Waals surface area contributed by atoms with Gasteiger partial charge in [-0.2, -0.15) is 12.6 Å². The summed E-state index contributed by atoms with van der Waals surface area (Å²) in [6.45, 7) is 15.0. The van der Waals surface area contributed by atoms with Crippen molar-refractivity contribution in [3.05, 3.63) is 0 Å². The van der Waals surface area contributed by atoms with Gasteiger partial charge in [-0.3, -0.25) is 9.59 Å². The van der Waals surface area contributed by atoms with Gasteiger partial charge >= 0.3 is 11.9 Å². The molecule has 2 fully saturated rings. The molecule has 46 heavy (non-hydrogen) atoms. The van der Waals surface area contributed by atoms with Crippen LogP contribution in [0.15, 0.2) is 0 Å². The summed E-state index contributed by atoms with van der Waals surface area (Å²) in [6.07, 6.45) is 15.8. The molecule has 274 valence electrons. The van der Waals surface area contributed by atoms with Gasteiger partial charge in [0, 0.05) is 25.2 Å². The maximum atomic E-state index is 12.2. The van der Waals surface area contributed by atoms with Crippen LogP contribution in [0.3, 0.4) is 0 Å². The van der Waals surface area contributed by atoms with E-state index in [1.165, 1.54) is 37.2 Å². The minimum absolute atomic E-state index is 0.0459. The first kappa shape index (κ1) is 45.8. The molecular formula is C35H71N3O5S3. The molecule has 8 nitrogen and oxygen atoms in total. The highest BCUT2D eigenvalue weighted by atomic mass is 33.1. The average Bonchev–Trinajstić information content (AvgIpc) is 2.97. The summed E-state index contributed by atoms with van der Waals surface area (Å²) in [7, 11) is 5.50. The van der Waals surface area contributed by atoms with E-state index < -0.39 is 5.60 Å². The molecule has 5 N–H and O–H groups in total. The summed E-state index contributed by atoms with van der Waals surface area (Å²) >= 11 is 4.23. The molecule has 0 aliphatic heterocycles. The number of hydrogen-bond donors (Lipinski definition) is 4. The van der Waals surface area contributed by atoms with Crippen LogP contribution in [0.4, 0.5) is 0 Å². The summed E-state index contributed by atoms with van der Waals surface area (Å²) < 4.78 is 16.4. The highest BCUT2D eigenvalue weighted by molar-refractivity contribution is 8.76. The maximum Gasteiger partial charge on any atom is 0.309 e. The molecule has 2 saturated carbocycles. The van der Waals surface area contributed by atoms with Crippen LogP contribution in [0.1, 0.15) is 138 Å². The van der Waals surface area contributed by atoms with Crippen LogP contribution in [-0.4, -0.2) is 79.3 Å². The molecule has 2 rings (SSSR count). The fourth-order valence-electron chi connectivity index (χ4n) is 5.65. The zero-order valence-corrected chi connectivity index (χ0v) is 33.0. The van der Waals surface area contributed by atoms with Crippen molar-refractivity contribution in [1.29, 1.82) is 0 Å². The molecule has 0 amide bonds. The zero-order chi connectivity index (χ0) is 35.0. The molecule has 0 aromatic carbocycles. The average molecular weight is 710 g/mol. The molecule has 0 bridgehead atoms. The molecule has 2 aliphatic carbocycles. The van der Waals surface area contributed by atoms with Crippen LogP contribution in [-0.2, 0) is 23.8 Å². The largest absolute Gasteiger partial charge is 0.460 e. The summed E-state index contributed by atoms with van der Waals surface area (Å²) in [5, 5.41) is 3.51. The lowest BCUT2D eigenvalue weighted by molar-refractivity contribution is -0.163. The minimum atomic E-state index is -0.402. The quantitative estimate of drug-likeness (QED) is 0.0517. The first-order valence-electron chi connectivity index (χ1n) is 17.6. The molecule has 11 heteroatoms. The van der Waals surface area contributed by atoms with Gasteiger partial charge in [-0.15, -0.1) is 0 Å². The van der Waals surface area contributed by atoms with Gasteiger partial charge in [0.05, 0.1) is 18.4 Å². The van der Waals surface area contributed by atoms with Crippen molar-refractivity contribution in [2.45, 2.75) is 155 Å². The van der Waals surface area contributed by atoms with Crippen LogP contribution >= 0.6 is 34.2 Å². The Kier molecular flexibility index (Phi) is 25.7. The van der Waals surface area contributed by atoms with Crippen LogP contribution < -0.4 is 16.8 Å². The van der Waals surface area contributed by atoms with Gasteiger partial charge in [0.1, 0.15) is 11.2 Å². The SMILES string of the molecule is CC(C)(C)OC(=O)CC1(CNCCCS)CCCCC1.COC1(CC(=O)OC(C)(C)C)CCCCC1.NCCCSSCCCN. The zero-order valence-electron chi connectivity index (χ0n) is 30.5. The monoisotopic (exact) mass is 709 g/mol. The summed E-state index contributed by atoms with van der Waals surface area (Å²) in [5.41, 5.74) is 9.71. The molecule has 0 aromatic rings. The van der Waals surface area contributed by atoms with Gasteiger partial charge in [0.15, 0.2) is 0 Å². The third kappa shape index (κ3) is 24.9. The van der Waals surface area contributed by atoms with E-state index in [1.807, 2.05) is 63.1 Å². The number of nitrogens with one attached hydrogen (secondary N) is 1. The topological polar surface area (TPSA) is 126 Å². The van der Waals surface area contributed by atoms with Gasteiger partial charge in [0.25, 0.3) is 0 Å². The predicted octanol–water partition coefficient (Wildman–Crippen LogP) is 7.71. The fourth-order valence-corrected chi connectivity index (χ4v) is 8.03. The Balaban J connectivity index is 0.000000699. The molecule has 0 aromatic heterocycles. The van der Waals surface area contributed by atoms with Crippen molar-refractivity contribution >= 4 is 46.2 Å².